The molecule has 0 saturated heterocycles. The van der Waals surface area contributed by atoms with E-state index in [0.717, 1.165) is 25.5 Å². The lowest BCUT2D eigenvalue weighted by Gasteiger charge is -2.11. The molecule has 0 aromatic carbocycles. The standard InChI is InChI=1S/C10H18O3S/c1-4-6-7-10(8-9(10)5-2)13-14(3,11)12/h6-7,9H,4-5,8H2,1-3H3/b7-6+/t9-,10+/m1/s1. The first-order valence-corrected chi connectivity index (χ1v) is 6.83. The van der Waals surface area contributed by atoms with Gasteiger partial charge in [-0.25, -0.2) is 0 Å². The minimum Gasteiger partial charge on any atom is -0.259 e. The number of rotatable bonds is 5. The fraction of sp³-hybridized carbons (Fsp3) is 0.800. The lowest BCUT2D eigenvalue weighted by molar-refractivity contribution is 0.218. The van der Waals surface area contributed by atoms with E-state index in [1.54, 1.807) is 0 Å². The van der Waals surface area contributed by atoms with E-state index < -0.39 is 15.7 Å². The summed E-state index contributed by atoms with van der Waals surface area (Å²) in [5, 5.41) is 0. The maximum atomic E-state index is 11.1. The van der Waals surface area contributed by atoms with Gasteiger partial charge in [-0.2, -0.15) is 8.42 Å². The highest BCUT2D eigenvalue weighted by Gasteiger charge is 2.54. The molecule has 0 aromatic heterocycles. The maximum absolute atomic E-state index is 11.1. The Labute approximate surface area is 86.3 Å². The summed E-state index contributed by atoms with van der Waals surface area (Å²) in [7, 11) is -3.34. The van der Waals surface area contributed by atoms with Crippen molar-refractivity contribution in [2.75, 3.05) is 6.26 Å². The predicted molar refractivity (Wildman–Crippen MR) is 56.5 cm³/mol. The van der Waals surface area contributed by atoms with Crippen LogP contribution in [0.15, 0.2) is 12.2 Å². The molecule has 0 aromatic rings. The van der Waals surface area contributed by atoms with Crippen molar-refractivity contribution in [3.05, 3.63) is 12.2 Å². The van der Waals surface area contributed by atoms with Crippen molar-refractivity contribution in [2.24, 2.45) is 5.92 Å². The third-order valence-electron chi connectivity index (χ3n) is 2.53. The summed E-state index contributed by atoms with van der Waals surface area (Å²) in [6, 6.07) is 0. The van der Waals surface area contributed by atoms with E-state index in [0.29, 0.717) is 5.92 Å². The van der Waals surface area contributed by atoms with Gasteiger partial charge < -0.3 is 0 Å². The minimum atomic E-state index is -3.34. The second-order valence-corrected chi connectivity index (χ2v) is 5.44. The predicted octanol–water partition coefficient (Wildman–Crippen LogP) is 2.10. The summed E-state index contributed by atoms with van der Waals surface area (Å²) in [4.78, 5) is 0. The van der Waals surface area contributed by atoms with E-state index in [9.17, 15) is 8.42 Å². The minimum absolute atomic E-state index is 0.361. The average Bonchev–Trinajstić information content (AvgIpc) is 2.73. The van der Waals surface area contributed by atoms with Crippen LogP contribution in [0.25, 0.3) is 0 Å². The summed E-state index contributed by atoms with van der Waals surface area (Å²) in [6.45, 7) is 4.08. The lowest BCUT2D eigenvalue weighted by atomic mass is 10.2. The molecule has 4 heteroatoms. The Bertz CT molecular complexity index is 318. The second kappa shape index (κ2) is 4.03. The van der Waals surface area contributed by atoms with Crippen LogP contribution in [0.1, 0.15) is 33.1 Å². The first-order valence-electron chi connectivity index (χ1n) is 5.02. The third kappa shape index (κ3) is 2.82. The normalized spacial score (nSPS) is 32.4. The van der Waals surface area contributed by atoms with Crippen molar-refractivity contribution >= 4 is 10.1 Å². The number of hydrogen-bond acceptors (Lipinski definition) is 3. The molecule has 0 heterocycles. The van der Waals surface area contributed by atoms with Crippen LogP contribution in [0.5, 0.6) is 0 Å². The molecular weight excluding hydrogens is 200 g/mol. The molecule has 14 heavy (non-hydrogen) atoms. The Morgan fingerprint density at radius 1 is 1.50 bits per heavy atom. The van der Waals surface area contributed by atoms with Crippen LogP contribution >= 0.6 is 0 Å². The second-order valence-electron chi connectivity index (χ2n) is 3.86. The van der Waals surface area contributed by atoms with Gasteiger partial charge in [-0.3, -0.25) is 4.18 Å². The Balaban J connectivity index is 2.72. The molecule has 1 saturated carbocycles. The van der Waals surface area contributed by atoms with E-state index in [-0.39, 0.29) is 0 Å². The molecule has 0 bridgehead atoms. The average molecular weight is 218 g/mol. The van der Waals surface area contributed by atoms with Gasteiger partial charge in [0.2, 0.25) is 0 Å². The van der Waals surface area contributed by atoms with Crippen molar-refractivity contribution < 1.29 is 12.6 Å². The van der Waals surface area contributed by atoms with Crippen molar-refractivity contribution in [3.8, 4) is 0 Å². The highest BCUT2D eigenvalue weighted by Crippen LogP contribution is 2.51. The fourth-order valence-corrected chi connectivity index (χ4v) is 2.57. The molecule has 0 radical (unpaired) electrons. The van der Waals surface area contributed by atoms with Gasteiger partial charge in [0.05, 0.1) is 6.26 Å². The van der Waals surface area contributed by atoms with Crippen molar-refractivity contribution in [3.63, 3.8) is 0 Å². The number of allylic oxidation sites excluding steroid dienone is 1. The zero-order valence-electron chi connectivity index (χ0n) is 8.99. The Morgan fingerprint density at radius 2 is 2.14 bits per heavy atom. The molecule has 0 unspecified atom stereocenters. The Hall–Kier alpha value is -0.350. The van der Waals surface area contributed by atoms with Gasteiger partial charge in [0, 0.05) is 0 Å². The van der Waals surface area contributed by atoms with Gasteiger partial charge in [-0.05, 0) is 18.8 Å². The molecule has 1 aliphatic carbocycles. The monoisotopic (exact) mass is 218 g/mol. The molecule has 1 aliphatic rings. The summed E-state index contributed by atoms with van der Waals surface area (Å²) in [6.07, 6.45) is 7.69. The highest BCUT2D eigenvalue weighted by atomic mass is 32.2. The highest BCUT2D eigenvalue weighted by molar-refractivity contribution is 7.86. The van der Waals surface area contributed by atoms with E-state index in [1.807, 2.05) is 19.1 Å². The number of hydrogen-bond donors (Lipinski definition) is 0. The molecule has 1 fully saturated rings. The van der Waals surface area contributed by atoms with E-state index in [1.165, 1.54) is 0 Å². The van der Waals surface area contributed by atoms with Crippen LogP contribution in [-0.2, 0) is 14.3 Å². The zero-order chi connectivity index (χ0) is 10.8. The molecular formula is C10H18O3S. The van der Waals surface area contributed by atoms with Gasteiger partial charge in [0.15, 0.2) is 0 Å². The lowest BCUT2D eigenvalue weighted by Crippen LogP contribution is -2.19. The SMILES string of the molecule is CC/C=C/[C@]1(OS(C)(=O)=O)C[C@H]1CC. The van der Waals surface area contributed by atoms with Gasteiger partial charge in [0.25, 0.3) is 10.1 Å². The van der Waals surface area contributed by atoms with Crippen LogP contribution in [-0.4, -0.2) is 20.3 Å². The summed E-state index contributed by atoms with van der Waals surface area (Å²) in [5.41, 5.74) is -0.516. The van der Waals surface area contributed by atoms with Crippen LogP contribution in [0.4, 0.5) is 0 Å². The summed E-state index contributed by atoms with van der Waals surface area (Å²) >= 11 is 0. The molecule has 0 amide bonds. The van der Waals surface area contributed by atoms with E-state index >= 15 is 0 Å². The molecule has 1 rings (SSSR count). The fourth-order valence-electron chi connectivity index (χ4n) is 1.75. The molecule has 0 spiro atoms. The van der Waals surface area contributed by atoms with E-state index in [4.69, 9.17) is 4.18 Å². The van der Waals surface area contributed by atoms with Crippen molar-refractivity contribution in [1.82, 2.24) is 0 Å². The summed E-state index contributed by atoms with van der Waals surface area (Å²) < 4.78 is 27.2. The zero-order valence-corrected chi connectivity index (χ0v) is 9.80. The van der Waals surface area contributed by atoms with E-state index in [2.05, 4.69) is 6.92 Å². The molecule has 3 nitrogen and oxygen atoms in total. The van der Waals surface area contributed by atoms with Gasteiger partial charge in [0.1, 0.15) is 5.60 Å². The van der Waals surface area contributed by atoms with Crippen LogP contribution in [0.2, 0.25) is 0 Å². The molecule has 2 atom stereocenters. The van der Waals surface area contributed by atoms with Crippen LogP contribution < -0.4 is 0 Å². The third-order valence-corrected chi connectivity index (χ3v) is 3.14. The van der Waals surface area contributed by atoms with Crippen molar-refractivity contribution in [1.29, 1.82) is 0 Å². The smallest absolute Gasteiger partial charge is 0.259 e. The Kier molecular flexibility index (Phi) is 3.37. The Morgan fingerprint density at radius 3 is 2.50 bits per heavy atom. The molecule has 0 N–H and O–H groups in total. The maximum Gasteiger partial charge on any atom is 0.265 e. The van der Waals surface area contributed by atoms with Gasteiger partial charge >= 0.3 is 0 Å². The quantitative estimate of drug-likeness (QED) is 0.524. The summed E-state index contributed by atoms with van der Waals surface area (Å²) in [5.74, 6) is 0.361. The first-order chi connectivity index (χ1) is 6.43. The largest absolute Gasteiger partial charge is 0.265 e. The molecule has 0 aliphatic heterocycles. The van der Waals surface area contributed by atoms with Crippen LogP contribution in [0.3, 0.4) is 0 Å². The van der Waals surface area contributed by atoms with Crippen molar-refractivity contribution in [2.45, 2.75) is 38.7 Å². The topological polar surface area (TPSA) is 43.4 Å². The molecule has 82 valence electrons. The van der Waals surface area contributed by atoms with Crippen LogP contribution in [0, 0.1) is 5.92 Å². The van der Waals surface area contributed by atoms with Gasteiger partial charge in [-0.1, -0.05) is 32.4 Å². The first kappa shape index (κ1) is 11.7. The van der Waals surface area contributed by atoms with Gasteiger partial charge in [-0.15, -0.1) is 0 Å².